The smallest absolute Gasteiger partial charge is 0.331 e. The Morgan fingerprint density at radius 2 is 1.79 bits per heavy atom. The van der Waals surface area contributed by atoms with Crippen LogP contribution >= 0.6 is 27.7 Å². The number of nitrogens with zero attached hydrogens (tertiary/aromatic N) is 1. The van der Waals surface area contributed by atoms with Crippen LogP contribution in [0, 0.1) is 0 Å². The van der Waals surface area contributed by atoms with Gasteiger partial charge in [0.05, 0.1) is 17.2 Å². The number of nitrogens with one attached hydrogen (secondary N) is 1. The molecule has 4 rings (SSSR count). The molecule has 7 heteroatoms. The first-order valence-corrected chi connectivity index (χ1v) is 10.6. The van der Waals surface area contributed by atoms with Gasteiger partial charge in [-0.05, 0) is 48.6 Å². The molecule has 144 valence electrons. The van der Waals surface area contributed by atoms with Gasteiger partial charge in [-0.2, -0.15) is 0 Å². The fraction of sp³-hybridized carbons (Fsp3) is 0.238. The predicted octanol–water partition coefficient (Wildman–Crippen LogP) is 4.50. The number of benzene rings is 2. The Balaban J connectivity index is 1.65. The Morgan fingerprint density at radius 3 is 2.46 bits per heavy atom. The van der Waals surface area contributed by atoms with Crippen LogP contribution in [0.25, 0.3) is 0 Å². The van der Waals surface area contributed by atoms with Gasteiger partial charge < -0.3 is 4.74 Å². The van der Waals surface area contributed by atoms with Crippen molar-refractivity contribution < 1.29 is 4.74 Å². The van der Waals surface area contributed by atoms with Crippen LogP contribution in [0.4, 0.5) is 0 Å². The molecule has 0 spiro atoms. The Morgan fingerprint density at radius 1 is 1.07 bits per heavy atom. The van der Waals surface area contributed by atoms with E-state index in [1.165, 1.54) is 16.3 Å². The van der Waals surface area contributed by atoms with E-state index >= 15 is 0 Å². The van der Waals surface area contributed by atoms with Crippen molar-refractivity contribution in [3.05, 3.63) is 91.0 Å². The molecule has 0 radical (unpaired) electrons. The lowest BCUT2D eigenvalue weighted by atomic mass is 10.2. The lowest BCUT2D eigenvalue weighted by Crippen LogP contribution is -2.34. The summed E-state index contributed by atoms with van der Waals surface area (Å²) >= 11 is 4.87. The van der Waals surface area contributed by atoms with Gasteiger partial charge in [-0.3, -0.25) is 14.3 Å². The molecule has 5 nitrogen and oxygen atoms in total. The number of rotatable bonds is 7. The lowest BCUT2D eigenvalue weighted by Gasteiger charge is -2.16. The summed E-state index contributed by atoms with van der Waals surface area (Å²) in [5, 5.41) is 0.673. The molecule has 1 heterocycles. The van der Waals surface area contributed by atoms with Gasteiger partial charge in [0.15, 0.2) is 0 Å². The summed E-state index contributed by atoms with van der Waals surface area (Å²) in [6, 6.07) is 17.6. The zero-order valence-electron chi connectivity index (χ0n) is 15.1. The molecule has 1 aromatic heterocycles. The van der Waals surface area contributed by atoms with Crippen LogP contribution in [-0.4, -0.2) is 9.55 Å². The number of halogens is 1. The summed E-state index contributed by atoms with van der Waals surface area (Å²) in [5.74, 6) is 0.211. The molecule has 0 aliphatic heterocycles. The van der Waals surface area contributed by atoms with Crippen LogP contribution in [0.2, 0.25) is 0 Å². The highest BCUT2D eigenvalue weighted by atomic mass is 79.9. The summed E-state index contributed by atoms with van der Waals surface area (Å²) in [6.07, 6.45) is 1.94. The quantitative estimate of drug-likeness (QED) is 0.529. The number of aromatic nitrogens is 2. The van der Waals surface area contributed by atoms with E-state index in [1.54, 1.807) is 0 Å². The predicted molar refractivity (Wildman–Crippen MR) is 113 cm³/mol. The van der Waals surface area contributed by atoms with Crippen molar-refractivity contribution in [3.8, 4) is 0 Å². The largest absolute Gasteiger partial charge is 0.356 e. The topological polar surface area (TPSA) is 64.1 Å². The van der Waals surface area contributed by atoms with Gasteiger partial charge in [-0.1, -0.05) is 58.0 Å². The zero-order valence-corrected chi connectivity index (χ0v) is 17.5. The van der Waals surface area contributed by atoms with E-state index in [4.69, 9.17) is 4.74 Å². The summed E-state index contributed by atoms with van der Waals surface area (Å²) in [7, 11) is 0. The molecule has 1 aliphatic carbocycles. The van der Waals surface area contributed by atoms with Crippen LogP contribution in [0.1, 0.15) is 29.9 Å². The maximum atomic E-state index is 12.5. The van der Waals surface area contributed by atoms with E-state index in [0.29, 0.717) is 17.2 Å². The normalized spacial score (nSPS) is 13.6. The molecule has 0 atom stereocenters. The summed E-state index contributed by atoms with van der Waals surface area (Å²) in [6.45, 7) is 0.483. The molecule has 3 aromatic rings. The van der Waals surface area contributed by atoms with Crippen LogP contribution in [0.15, 0.2) is 78.6 Å². The Hall–Kier alpha value is -2.09. The molecule has 1 N–H and O–H groups in total. The molecule has 1 fully saturated rings. The highest BCUT2D eigenvalue weighted by molar-refractivity contribution is 9.10. The second-order valence-corrected chi connectivity index (χ2v) is 8.68. The van der Waals surface area contributed by atoms with Crippen molar-refractivity contribution in [1.29, 1.82) is 0 Å². The van der Waals surface area contributed by atoms with Crippen molar-refractivity contribution in [3.63, 3.8) is 0 Å². The molecule has 0 bridgehead atoms. The number of ether oxygens (including phenoxy) is 1. The second kappa shape index (κ2) is 8.51. The highest BCUT2D eigenvalue weighted by Gasteiger charge is 2.31. The van der Waals surface area contributed by atoms with E-state index in [0.717, 1.165) is 27.8 Å². The molecular weight excluding hydrogens is 440 g/mol. The first kappa shape index (κ1) is 19.2. The van der Waals surface area contributed by atoms with Crippen molar-refractivity contribution >= 4 is 27.7 Å². The molecule has 2 aromatic carbocycles. The second-order valence-electron chi connectivity index (χ2n) is 6.70. The minimum absolute atomic E-state index is 0.0864. The molecule has 1 saturated carbocycles. The average Bonchev–Trinajstić information content (AvgIpc) is 3.51. The van der Waals surface area contributed by atoms with Gasteiger partial charge in [0, 0.05) is 9.37 Å². The number of H-pyrrole nitrogens is 1. The number of hydrogen-bond acceptors (Lipinski definition) is 4. The molecule has 0 unspecified atom stereocenters. The lowest BCUT2D eigenvalue weighted by molar-refractivity contribution is 0.0550. The van der Waals surface area contributed by atoms with Gasteiger partial charge in [0.25, 0.3) is 5.56 Å². The highest BCUT2D eigenvalue weighted by Crippen LogP contribution is 2.43. The van der Waals surface area contributed by atoms with Gasteiger partial charge in [-0.25, -0.2) is 4.79 Å². The Labute approximate surface area is 174 Å². The van der Waals surface area contributed by atoms with Crippen molar-refractivity contribution in [2.24, 2.45) is 0 Å². The van der Waals surface area contributed by atoms with E-state index in [1.807, 2.05) is 54.6 Å². The fourth-order valence-electron chi connectivity index (χ4n) is 2.97. The number of aromatic amines is 1. The first-order valence-electron chi connectivity index (χ1n) is 9.04. The standard InChI is InChI=1S/C21H19BrN2O3S/c22-16-8-10-17(11-9-16)28-20-18(15-6-7-15)19(25)23-21(26)24(20)13-27-12-14-4-2-1-3-5-14/h1-5,8-11,15H,6-7,12-13H2,(H,23,25,26). The van der Waals surface area contributed by atoms with Gasteiger partial charge in [-0.15, -0.1) is 0 Å². The Kier molecular flexibility index (Phi) is 5.85. The van der Waals surface area contributed by atoms with E-state index in [-0.39, 0.29) is 18.2 Å². The van der Waals surface area contributed by atoms with E-state index < -0.39 is 5.69 Å². The van der Waals surface area contributed by atoms with Gasteiger partial charge in [0.2, 0.25) is 0 Å². The maximum Gasteiger partial charge on any atom is 0.331 e. The van der Waals surface area contributed by atoms with Crippen LogP contribution in [-0.2, 0) is 18.1 Å². The number of hydrogen-bond donors (Lipinski definition) is 1. The fourth-order valence-corrected chi connectivity index (χ4v) is 4.34. The van der Waals surface area contributed by atoms with E-state index in [2.05, 4.69) is 20.9 Å². The first-order chi connectivity index (χ1) is 13.6. The van der Waals surface area contributed by atoms with Crippen molar-refractivity contribution in [2.45, 2.75) is 42.0 Å². The molecule has 28 heavy (non-hydrogen) atoms. The van der Waals surface area contributed by atoms with Crippen LogP contribution in [0.3, 0.4) is 0 Å². The van der Waals surface area contributed by atoms with Crippen molar-refractivity contribution in [2.75, 3.05) is 0 Å². The van der Waals surface area contributed by atoms with E-state index in [9.17, 15) is 9.59 Å². The molecule has 0 saturated heterocycles. The summed E-state index contributed by atoms with van der Waals surface area (Å²) < 4.78 is 8.31. The third-order valence-corrected chi connectivity index (χ3v) is 6.20. The minimum Gasteiger partial charge on any atom is -0.356 e. The van der Waals surface area contributed by atoms with Gasteiger partial charge in [0.1, 0.15) is 6.73 Å². The minimum atomic E-state index is -0.443. The Bertz CT molecular complexity index is 1070. The maximum absolute atomic E-state index is 12.5. The van der Waals surface area contributed by atoms with Crippen LogP contribution < -0.4 is 11.2 Å². The third kappa shape index (κ3) is 4.48. The summed E-state index contributed by atoms with van der Waals surface area (Å²) in [5.41, 5.74) is 0.994. The zero-order chi connectivity index (χ0) is 19.5. The molecular formula is C21H19BrN2O3S. The van der Waals surface area contributed by atoms with Crippen molar-refractivity contribution in [1.82, 2.24) is 9.55 Å². The SMILES string of the molecule is O=c1[nH]c(=O)n(COCc2ccccc2)c(Sc2ccc(Br)cc2)c1C1CC1. The van der Waals surface area contributed by atoms with Gasteiger partial charge >= 0.3 is 5.69 Å². The monoisotopic (exact) mass is 458 g/mol. The molecule has 0 amide bonds. The summed E-state index contributed by atoms with van der Waals surface area (Å²) in [4.78, 5) is 28.5. The molecule has 1 aliphatic rings. The average molecular weight is 459 g/mol. The van der Waals surface area contributed by atoms with Crippen LogP contribution in [0.5, 0.6) is 0 Å². The third-order valence-electron chi connectivity index (χ3n) is 4.53.